The average molecular weight is 485 g/mol. The summed E-state index contributed by atoms with van der Waals surface area (Å²) in [6, 6.07) is 13.2. The van der Waals surface area contributed by atoms with E-state index in [2.05, 4.69) is 10.6 Å². The van der Waals surface area contributed by atoms with E-state index in [-0.39, 0.29) is 16.6 Å². The van der Waals surface area contributed by atoms with E-state index in [1.165, 1.54) is 23.1 Å². The van der Waals surface area contributed by atoms with Crippen molar-refractivity contribution in [3.63, 3.8) is 0 Å². The number of anilines is 2. The van der Waals surface area contributed by atoms with Crippen LogP contribution in [0, 0.1) is 0 Å². The molecular formula is C21H16ClF3N2O2S2. The predicted molar refractivity (Wildman–Crippen MR) is 119 cm³/mol. The largest absolute Gasteiger partial charge is 0.416 e. The Bertz CT molecular complexity index is 1090. The van der Waals surface area contributed by atoms with Crippen LogP contribution in [0.25, 0.3) is 0 Å². The second kappa shape index (κ2) is 9.76. The molecule has 1 heterocycles. The summed E-state index contributed by atoms with van der Waals surface area (Å²) in [5, 5.41) is 6.42. The first kappa shape index (κ1) is 23.2. The van der Waals surface area contributed by atoms with Crippen LogP contribution in [0.15, 0.2) is 64.9 Å². The van der Waals surface area contributed by atoms with Gasteiger partial charge in [0.15, 0.2) is 0 Å². The number of hydrogen-bond acceptors (Lipinski definition) is 4. The van der Waals surface area contributed by atoms with Gasteiger partial charge < -0.3 is 10.6 Å². The summed E-state index contributed by atoms with van der Waals surface area (Å²) in [6.07, 6.45) is -4.54. The second-order valence-corrected chi connectivity index (χ2v) is 9.17. The Morgan fingerprint density at radius 2 is 1.84 bits per heavy atom. The van der Waals surface area contributed by atoms with Crippen molar-refractivity contribution >= 4 is 57.9 Å². The zero-order valence-corrected chi connectivity index (χ0v) is 18.4. The number of thioether (sulfide) groups is 1. The van der Waals surface area contributed by atoms with Gasteiger partial charge in [-0.15, -0.1) is 23.1 Å². The summed E-state index contributed by atoms with van der Waals surface area (Å²) in [4.78, 5) is 26.0. The minimum Gasteiger partial charge on any atom is -0.324 e. The van der Waals surface area contributed by atoms with Crippen molar-refractivity contribution in [2.45, 2.75) is 23.2 Å². The van der Waals surface area contributed by atoms with Gasteiger partial charge in [-0.25, -0.2) is 0 Å². The summed E-state index contributed by atoms with van der Waals surface area (Å²) in [7, 11) is 0. The van der Waals surface area contributed by atoms with E-state index in [0.29, 0.717) is 15.5 Å². The number of thiophene rings is 1. The van der Waals surface area contributed by atoms with Crippen molar-refractivity contribution < 1.29 is 22.8 Å². The van der Waals surface area contributed by atoms with E-state index in [1.54, 1.807) is 48.7 Å². The zero-order valence-electron chi connectivity index (χ0n) is 16.0. The number of nitrogens with one attached hydrogen (secondary N) is 2. The molecule has 0 aliphatic rings. The SMILES string of the molecule is CC(Sc1cccc(NC(=O)c2cccs2)c1)C(=O)Nc1cc(C(F)(F)F)ccc1Cl. The molecule has 0 radical (unpaired) electrons. The van der Waals surface area contributed by atoms with Gasteiger partial charge >= 0.3 is 6.18 Å². The van der Waals surface area contributed by atoms with Crippen LogP contribution in [0.2, 0.25) is 5.02 Å². The highest BCUT2D eigenvalue weighted by molar-refractivity contribution is 8.00. The molecule has 0 bridgehead atoms. The highest BCUT2D eigenvalue weighted by atomic mass is 35.5. The number of halogens is 4. The van der Waals surface area contributed by atoms with Crippen LogP contribution in [0.3, 0.4) is 0 Å². The number of benzene rings is 2. The Labute approximate surface area is 189 Å². The first-order chi connectivity index (χ1) is 14.6. The van der Waals surface area contributed by atoms with Crippen molar-refractivity contribution in [2.24, 2.45) is 0 Å². The molecule has 1 unspecified atom stereocenters. The molecule has 2 aromatic carbocycles. The average Bonchev–Trinajstić information content (AvgIpc) is 3.24. The number of amides is 2. The topological polar surface area (TPSA) is 58.2 Å². The number of rotatable bonds is 6. The fraction of sp³-hybridized carbons (Fsp3) is 0.143. The van der Waals surface area contributed by atoms with Gasteiger partial charge in [-0.1, -0.05) is 23.7 Å². The molecule has 3 rings (SSSR count). The first-order valence-electron chi connectivity index (χ1n) is 8.92. The first-order valence-corrected chi connectivity index (χ1v) is 11.1. The van der Waals surface area contributed by atoms with Crippen molar-refractivity contribution in [3.8, 4) is 0 Å². The summed E-state index contributed by atoms with van der Waals surface area (Å²) >= 11 is 8.46. The van der Waals surface area contributed by atoms with E-state index in [1.807, 2.05) is 0 Å². The number of carbonyl (C=O) groups is 2. The molecule has 0 fully saturated rings. The molecule has 4 nitrogen and oxygen atoms in total. The fourth-order valence-electron chi connectivity index (χ4n) is 2.54. The Kier molecular flexibility index (Phi) is 7.30. The Morgan fingerprint density at radius 3 is 2.52 bits per heavy atom. The minimum absolute atomic E-state index is 0.0110. The molecule has 2 amide bonds. The van der Waals surface area contributed by atoms with Gasteiger partial charge in [-0.05, 0) is 54.8 Å². The fourth-order valence-corrected chi connectivity index (χ4v) is 4.25. The molecule has 162 valence electrons. The summed E-state index contributed by atoms with van der Waals surface area (Å²) in [5.74, 6) is -0.735. The van der Waals surface area contributed by atoms with Crippen molar-refractivity contribution in [2.75, 3.05) is 10.6 Å². The normalized spacial score (nSPS) is 12.3. The quantitative estimate of drug-likeness (QED) is 0.378. The lowest BCUT2D eigenvalue weighted by Gasteiger charge is -2.15. The van der Waals surface area contributed by atoms with Crippen LogP contribution in [0.5, 0.6) is 0 Å². The van der Waals surface area contributed by atoms with Gasteiger partial charge in [-0.2, -0.15) is 13.2 Å². The predicted octanol–water partition coefficient (Wildman–Crippen LogP) is 6.79. The van der Waals surface area contributed by atoms with Gasteiger partial charge in [0, 0.05) is 10.6 Å². The van der Waals surface area contributed by atoms with Crippen LogP contribution in [0.1, 0.15) is 22.2 Å². The smallest absolute Gasteiger partial charge is 0.324 e. The third-order valence-electron chi connectivity index (χ3n) is 4.07. The molecule has 1 aromatic heterocycles. The second-order valence-electron chi connectivity index (χ2n) is 6.40. The van der Waals surface area contributed by atoms with Gasteiger partial charge in [0.1, 0.15) is 0 Å². The molecule has 2 N–H and O–H groups in total. The molecule has 0 saturated heterocycles. The summed E-state index contributed by atoms with van der Waals surface area (Å²) < 4.78 is 38.7. The highest BCUT2D eigenvalue weighted by Gasteiger charge is 2.31. The maximum atomic E-state index is 12.9. The molecule has 3 aromatic rings. The summed E-state index contributed by atoms with van der Waals surface area (Å²) in [5.41, 5.74) is -0.440. The maximum Gasteiger partial charge on any atom is 0.416 e. The third kappa shape index (κ3) is 6.25. The lowest BCUT2D eigenvalue weighted by Crippen LogP contribution is -2.23. The van der Waals surface area contributed by atoms with Crippen LogP contribution in [-0.4, -0.2) is 17.1 Å². The van der Waals surface area contributed by atoms with Crippen LogP contribution >= 0.6 is 34.7 Å². The van der Waals surface area contributed by atoms with E-state index < -0.39 is 22.9 Å². The molecule has 1 atom stereocenters. The third-order valence-corrected chi connectivity index (χ3v) is 6.36. The Balaban J connectivity index is 1.66. The van der Waals surface area contributed by atoms with Crippen LogP contribution in [0.4, 0.5) is 24.5 Å². The molecule has 10 heteroatoms. The zero-order chi connectivity index (χ0) is 22.6. The van der Waals surface area contributed by atoms with Crippen molar-refractivity contribution in [1.82, 2.24) is 0 Å². The van der Waals surface area contributed by atoms with Crippen LogP contribution in [-0.2, 0) is 11.0 Å². The number of alkyl halides is 3. The molecule has 0 aliphatic heterocycles. The van der Waals surface area contributed by atoms with Crippen molar-refractivity contribution in [3.05, 3.63) is 75.4 Å². The summed E-state index contributed by atoms with van der Waals surface area (Å²) in [6.45, 7) is 1.62. The van der Waals surface area contributed by atoms with Gasteiger partial charge in [0.2, 0.25) is 5.91 Å². The minimum atomic E-state index is -4.54. The lowest BCUT2D eigenvalue weighted by molar-refractivity contribution is -0.137. The van der Waals surface area contributed by atoms with E-state index >= 15 is 0 Å². The molecule has 0 spiro atoms. The van der Waals surface area contributed by atoms with Crippen LogP contribution < -0.4 is 10.6 Å². The van der Waals surface area contributed by atoms with Gasteiger partial charge in [-0.3, -0.25) is 9.59 Å². The van der Waals surface area contributed by atoms with Gasteiger partial charge in [0.05, 0.1) is 26.4 Å². The molecule has 0 aliphatic carbocycles. The monoisotopic (exact) mass is 484 g/mol. The molecular weight excluding hydrogens is 469 g/mol. The molecule has 31 heavy (non-hydrogen) atoms. The lowest BCUT2D eigenvalue weighted by atomic mass is 10.2. The van der Waals surface area contributed by atoms with E-state index in [4.69, 9.17) is 11.6 Å². The van der Waals surface area contributed by atoms with Gasteiger partial charge in [0.25, 0.3) is 5.91 Å². The Morgan fingerprint density at radius 1 is 1.06 bits per heavy atom. The maximum absolute atomic E-state index is 12.9. The van der Waals surface area contributed by atoms with E-state index in [0.717, 1.165) is 18.2 Å². The number of hydrogen-bond donors (Lipinski definition) is 2. The Hall–Kier alpha value is -2.49. The van der Waals surface area contributed by atoms with E-state index in [9.17, 15) is 22.8 Å². The molecule has 0 saturated carbocycles. The number of carbonyl (C=O) groups excluding carboxylic acids is 2. The van der Waals surface area contributed by atoms with Crippen molar-refractivity contribution in [1.29, 1.82) is 0 Å². The highest BCUT2D eigenvalue weighted by Crippen LogP contribution is 2.34. The standard InChI is InChI=1S/C21H16ClF3N2O2S2/c1-12(19(28)27-17-10-13(21(23,24)25)7-8-16(17)22)31-15-5-2-4-14(11-15)26-20(29)18-6-3-9-30-18/h2-12H,1H3,(H,26,29)(H,27,28).